The van der Waals surface area contributed by atoms with Crippen LogP contribution < -0.4 is 9.64 Å². The fourth-order valence-electron chi connectivity index (χ4n) is 4.15. The maximum Gasteiger partial charge on any atom is 0.300 e. The Morgan fingerprint density at radius 2 is 1.55 bits per heavy atom. The number of Topliss-reactive ketones (excluding diaryl/α,β-unsaturated/α-hetero) is 1. The first kappa shape index (κ1) is 22.3. The lowest BCUT2D eigenvalue weighted by molar-refractivity contribution is -0.132. The smallest absolute Gasteiger partial charge is 0.300 e. The third-order valence-electron chi connectivity index (χ3n) is 5.58. The van der Waals surface area contributed by atoms with Gasteiger partial charge in [0, 0.05) is 11.3 Å². The summed E-state index contributed by atoms with van der Waals surface area (Å²) in [6.45, 7) is 7.75. The molecule has 1 fully saturated rings. The van der Waals surface area contributed by atoms with Crippen LogP contribution in [-0.2, 0) is 9.59 Å². The molecule has 3 aromatic rings. The SMILES string of the molecule is Cc1cccc(C2/C(=C(\O)c3ccc(OC(C)C)cc3)C(=O)C(=O)N2c2cccc(C)c2)c1. The van der Waals surface area contributed by atoms with Gasteiger partial charge in [0.15, 0.2) is 0 Å². The highest BCUT2D eigenvalue weighted by Crippen LogP contribution is 2.42. The van der Waals surface area contributed by atoms with Gasteiger partial charge in [0.2, 0.25) is 0 Å². The molecule has 3 aromatic carbocycles. The van der Waals surface area contributed by atoms with E-state index in [1.165, 1.54) is 4.90 Å². The molecule has 5 heteroatoms. The summed E-state index contributed by atoms with van der Waals surface area (Å²) < 4.78 is 5.68. The van der Waals surface area contributed by atoms with E-state index in [9.17, 15) is 14.7 Å². The van der Waals surface area contributed by atoms with Crippen LogP contribution in [-0.4, -0.2) is 22.9 Å². The van der Waals surface area contributed by atoms with Crippen molar-refractivity contribution in [3.8, 4) is 5.75 Å². The van der Waals surface area contributed by atoms with E-state index >= 15 is 0 Å². The van der Waals surface area contributed by atoms with Gasteiger partial charge in [-0.1, -0.05) is 42.0 Å². The van der Waals surface area contributed by atoms with E-state index in [1.54, 1.807) is 30.3 Å². The van der Waals surface area contributed by atoms with Gasteiger partial charge < -0.3 is 9.84 Å². The zero-order valence-corrected chi connectivity index (χ0v) is 19.2. The molecule has 168 valence electrons. The van der Waals surface area contributed by atoms with Gasteiger partial charge in [0.05, 0.1) is 17.7 Å². The van der Waals surface area contributed by atoms with Gasteiger partial charge in [0.1, 0.15) is 11.5 Å². The van der Waals surface area contributed by atoms with Crippen molar-refractivity contribution >= 4 is 23.1 Å². The zero-order chi connectivity index (χ0) is 23.7. The Hall–Kier alpha value is -3.86. The van der Waals surface area contributed by atoms with Crippen molar-refractivity contribution in [2.75, 3.05) is 4.90 Å². The summed E-state index contributed by atoms with van der Waals surface area (Å²) >= 11 is 0. The van der Waals surface area contributed by atoms with Crippen molar-refractivity contribution in [2.24, 2.45) is 0 Å². The number of amides is 1. The molecule has 0 aliphatic carbocycles. The Morgan fingerprint density at radius 1 is 0.909 bits per heavy atom. The molecular formula is C28H27NO4. The van der Waals surface area contributed by atoms with Crippen molar-refractivity contribution in [1.29, 1.82) is 0 Å². The molecule has 0 spiro atoms. The standard InChI is InChI=1S/C28H27NO4/c1-17(2)33-23-13-11-20(12-14-23)26(30)24-25(21-9-5-7-18(3)15-21)29(28(32)27(24)31)22-10-6-8-19(4)16-22/h5-17,25,30H,1-4H3/b26-24+. The Labute approximate surface area is 193 Å². The van der Waals surface area contributed by atoms with E-state index in [0.717, 1.165) is 16.7 Å². The van der Waals surface area contributed by atoms with Crippen LogP contribution >= 0.6 is 0 Å². The lowest BCUT2D eigenvalue weighted by atomic mass is 9.94. The van der Waals surface area contributed by atoms with Crippen LogP contribution in [0.3, 0.4) is 0 Å². The zero-order valence-electron chi connectivity index (χ0n) is 19.2. The summed E-state index contributed by atoms with van der Waals surface area (Å²) in [5.74, 6) is -0.903. The molecule has 0 aromatic heterocycles. The van der Waals surface area contributed by atoms with Crippen LogP contribution in [0, 0.1) is 13.8 Å². The van der Waals surface area contributed by atoms with Crippen molar-refractivity contribution < 1.29 is 19.4 Å². The topological polar surface area (TPSA) is 66.8 Å². The number of carbonyl (C=O) groups is 2. The highest BCUT2D eigenvalue weighted by Gasteiger charge is 2.47. The van der Waals surface area contributed by atoms with Crippen LogP contribution in [0.5, 0.6) is 5.75 Å². The first-order chi connectivity index (χ1) is 15.8. The van der Waals surface area contributed by atoms with Crippen LogP contribution in [0.15, 0.2) is 78.4 Å². The van der Waals surface area contributed by atoms with Gasteiger partial charge in [-0.05, 0) is 75.2 Å². The first-order valence-electron chi connectivity index (χ1n) is 11.0. The van der Waals surface area contributed by atoms with Crippen molar-refractivity contribution in [1.82, 2.24) is 0 Å². The van der Waals surface area contributed by atoms with Gasteiger partial charge in [-0.2, -0.15) is 0 Å². The highest BCUT2D eigenvalue weighted by molar-refractivity contribution is 6.51. The number of aliphatic hydroxyl groups excluding tert-OH is 1. The lowest BCUT2D eigenvalue weighted by Crippen LogP contribution is -2.29. The normalized spacial score (nSPS) is 17.6. The van der Waals surface area contributed by atoms with Crippen molar-refractivity contribution in [3.63, 3.8) is 0 Å². The molecule has 1 heterocycles. The molecule has 1 N–H and O–H groups in total. The Kier molecular flexibility index (Phi) is 6.05. The van der Waals surface area contributed by atoms with Crippen LogP contribution in [0.1, 0.15) is 42.1 Å². The second kappa shape index (κ2) is 8.94. The monoisotopic (exact) mass is 441 g/mol. The second-order valence-corrected chi connectivity index (χ2v) is 8.61. The number of hydrogen-bond acceptors (Lipinski definition) is 4. The predicted octanol–water partition coefficient (Wildman–Crippen LogP) is 5.72. The molecule has 1 unspecified atom stereocenters. The number of ether oxygens (including phenoxy) is 1. The van der Waals surface area contributed by atoms with Gasteiger partial charge >= 0.3 is 0 Å². The number of nitrogens with zero attached hydrogens (tertiary/aromatic N) is 1. The molecule has 1 aliphatic heterocycles. The average molecular weight is 442 g/mol. The third kappa shape index (κ3) is 4.40. The molecule has 1 atom stereocenters. The molecule has 1 saturated heterocycles. The quantitative estimate of drug-likeness (QED) is 0.313. The molecule has 0 saturated carbocycles. The number of carbonyl (C=O) groups excluding carboxylic acids is 2. The fraction of sp³-hybridized carbons (Fsp3) is 0.214. The van der Waals surface area contributed by atoms with E-state index in [-0.39, 0.29) is 17.4 Å². The average Bonchev–Trinajstić information content (AvgIpc) is 3.04. The number of aliphatic hydroxyl groups is 1. The van der Waals surface area contributed by atoms with Crippen LogP contribution in [0.25, 0.3) is 5.76 Å². The minimum atomic E-state index is -0.738. The first-order valence-corrected chi connectivity index (χ1v) is 11.0. The number of ketones is 1. The summed E-state index contributed by atoms with van der Waals surface area (Å²) in [6.07, 6.45) is 0.0189. The molecular weight excluding hydrogens is 414 g/mol. The summed E-state index contributed by atoms with van der Waals surface area (Å²) in [5.41, 5.74) is 3.87. The Morgan fingerprint density at radius 3 is 2.15 bits per heavy atom. The maximum absolute atomic E-state index is 13.2. The predicted molar refractivity (Wildman–Crippen MR) is 129 cm³/mol. The highest BCUT2D eigenvalue weighted by atomic mass is 16.5. The van der Waals surface area contributed by atoms with Gasteiger partial charge in [0.25, 0.3) is 11.7 Å². The summed E-state index contributed by atoms with van der Waals surface area (Å²) in [6, 6.07) is 21.2. The van der Waals surface area contributed by atoms with E-state index in [0.29, 0.717) is 17.0 Å². The minimum absolute atomic E-state index is 0.0189. The van der Waals surface area contributed by atoms with E-state index in [2.05, 4.69) is 0 Å². The number of hydrogen-bond donors (Lipinski definition) is 1. The Bertz CT molecular complexity index is 1240. The van der Waals surface area contributed by atoms with E-state index < -0.39 is 17.7 Å². The molecule has 33 heavy (non-hydrogen) atoms. The van der Waals surface area contributed by atoms with E-state index in [1.807, 2.05) is 70.2 Å². The van der Waals surface area contributed by atoms with Crippen molar-refractivity contribution in [3.05, 3.63) is 101 Å². The lowest BCUT2D eigenvalue weighted by Gasteiger charge is -2.26. The van der Waals surface area contributed by atoms with Crippen molar-refractivity contribution in [2.45, 2.75) is 39.8 Å². The number of aryl methyl sites for hydroxylation is 2. The number of rotatable bonds is 5. The minimum Gasteiger partial charge on any atom is -0.507 e. The van der Waals surface area contributed by atoms with Crippen LogP contribution in [0.2, 0.25) is 0 Å². The fourth-order valence-corrected chi connectivity index (χ4v) is 4.15. The molecule has 0 radical (unpaired) electrons. The van der Waals surface area contributed by atoms with Crippen LogP contribution in [0.4, 0.5) is 5.69 Å². The summed E-state index contributed by atoms with van der Waals surface area (Å²) in [7, 11) is 0. The molecule has 1 aliphatic rings. The van der Waals surface area contributed by atoms with Gasteiger partial charge in [-0.3, -0.25) is 14.5 Å². The second-order valence-electron chi connectivity index (χ2n) is 8.61. The van der Waals surface area contributed by atoms with E-state index in [4.69, 9.17) is 4.74 Å². The molecule has 1 amide bonds. The molecule has 0 bridgehead atoms. The molecule has 4 rings (SSSR count). The number of benzene rings is 3. The van der Waals surface area contributed by atoms with Gasteiger partial charge in [-0.15, -0.1) is 0 Å². The summed E-state index contributed by atoms with van der Waals surface area (Å²) in [5, 5.41) is 11.2. The third-order valence-corrected chi connectivity index (χ3v) is 5.58. The largest absolute Gasteiger partial charge is 0.507 e. The number of anilines is 1. The van der Waals surface area contributed by atoms with Gasteiger partial charge in [-0.25, -0.2) is 0 Å². The maximum atomic E-state index is 13.2. The Balaban J connectivity index is 1.88. The molecule has 5 nitrogen and oxygen atoms in total. The summed E-state index contributed by atoms with van der Waals surface area (Å²) in [4.78, 5) is 27.9.